The molecule has 0 amide bonds. The monoisotopic (exact) mass is 337 g/mol. The number of hydrogen-bond donors (Lipinski definition) is 1. The summed E-state index contributed by atoms with van der Waals surface area (Å²) in [6, 6.07) is 19.9. The minimum absolute atomic E-state index is 0.508. The normalized spacial score (nSPS) is 11.5. The Morgan fingerprint density at radius 3 is 1.92 bits per heavy atom. The number of rotatable bonds is 5. The van der Waals surface area contributed by atoms with Gasteiger partial charge in [-0.1, -0.05) is 72.4 Å². The van der Waals surface area contributed by atoms with E-state index in [1.807, 2.05) is 60.7 Å². The lowest BCUT2D eigenvalue weighted by molar-refractivity contribution is 0.107. The molecule has 0 unspecified atom stereocenters. The summed E-state index contributed by atoms with van der Waals surface area (Å²) in [5, 5.41) is 19.1. The number of benzene rings is 2. The lowest BCUT2D eigenvalue weighted by Crippen LogP contribution is -2.22. The standard InChI is InChI=1S/C19H19N3OS/c1-19(2,23)13-24-18-20-16(14-9-5-3-6-10-14)17(21-22-18)15-11-7-4-8-12-15/h3-12,23H,13H2,1-2H3. The van der Waals surface area contributed by atoms with E-state index < -0.39 is 5.60 Å². The Labute approximate surface area is 146 Å². The highest BCUT2D eigenvalue weighted by molar-refractivity contribution is 7.99. The molecule has 0 aliphatic heterocycles. The zero-order valence-corrected chi connectivity index (χ0v) is 14.5. The van der Waals surface area contributed by atoms with Gasteiger partial charge >= 0.3 is 0 Å². The third-order valence-electron chi connectivity index (χ3n) is 3.32. The van der Waals surface area contributed by atoms with E-state index in [4.69, 9.17) is 4.98 Å². The molecule has 1 N–H and O–H groups in total. The molecule has 5 heteroatoms. The van der Waals surface area contributed by atoms with E-state index in [1.165, 1.54) is 11.8 Å². The second-order valence-corrected chi connectivity index (χ2v) is 7.07. The molecule has 4 nitrogen and oxygen atoms in total. The maximum absolute atomic E-state index is 9.90. The number of aromatic nitrogens is 3. The number of aliphatic hydroxyl groups is 1. The number of nitrogens with zero attached hydrogens (tertiary/aromatic N) is 3. The molecule has 2 aromatic carbocycles. The van der Waals surface area contributed by atoms with E-state index in [1.54, 1.807) is 13.8 Å². The van der Waals surface area contributed by atoms with Crippen LogP contribution in [0.5, 0.6) is 0 Å². The van der Waals surface area contributed by atoms with Gasteiger partial charge < -0.3 is 5.11 Å². The Morgan fingerprint density at radius 2 is 1.38 bits per heavy atom. The van der Waals surface area contributed by atoms with Crippen LogP contribution in [0, 0.1) is 0 Å². The molecule has 1 aromatic heterocycles. The number of thioether (sulfide) groups is 1. The van der Waals surface area contributed by atoms with Crippen LogP contribution >= 0.6 is 11.8 Å². The summed E-state index contributed by atoms with van der Waals surface area (Å²) in [7, 11) is 0. The van der Waals surface area contributed by atoms with Crippen LogP contribution < -0.4 is 0 Å². The molecular weight excluding hydrogens is 318 g/mol. The highest BCUT2D eigenvalue weighted by Gasteiger charge is 2.17. The lowest BCUT2D eigenvalue weighted by atomic mass is 10.0. The third kappa shape index (κ3) is 4.19. The second-order valence-electron chi connectivity index (χ2n) is 6.12. The molecule has 0 atom stereocenters. The molecule has 24 heavy (non-hydrogen) atoms. The van der Waals surface area contributed by atoms with Crippen molar-refractivity contribution in [2.24, 2.45) is 0 Å². The molecule has 1 heterocycles. The van der Waals surface area contributed by atoms with Crippen molar-refractivity contribution < 1.29 is 5.11 Å². The van der Waals surface area contributed by atoms with Crippen molar-refractivity contribution in [1.82, 2.24) is 15.2 Å². The van der Waals surface area contributed by atoms with Crippen LogP contribution in [0.1, 0.15) is 13.8 Å². The van der Waals surface area contributed by atoms with Gasteiger partial charge in [-0.3, -0.25) is 0 Å². The Balaban J connectivity index is 2.03. The molecular formula is C19H19N3OS. The van der Waals surface area contributed by atoms with Crippen molar-refractivity contribution in [3.05, 3.63) is 60.7 Å². The summed E-state index contributed by atoms with van der Waals surface area (Å²) in [5.41, 5.74) is 2.76. The highest BCUT2D eigenvalue weighted by atomic mass is 32.2. The molecule has 122 valence electrons. The molecule has 0 aliphatic rings. The van der Waals surface area contributed by atoms with Gasteiger partial charge in [0.1, 0.15) is 11.4 Å². The summed E-state index contributed by atoms with van der Waals surface area (Å²) in [5.74, 6) is 0.508. The van der Waals surface area contributed by atoms with Crippen LogP contribution in [0.4, 0.5) is 0 Å². The van der Waals surface area contributed by atoms with Crippen molar-refractivity contribution in [3.63, 3.8) is 0 Å². The van der Waals surface area contributed by atoms with Gasteiger partial charge in [0, 0.05) is 16.9 Å². The zero-order valence-electron chi connectivity index (χ0n) is 13.7. The van der Waals surface area contributed by atoms with Gasteiger partial charge in [0.05, 0.1) is 5.60 Å². The summed E-state index contributed by atoms with van der Waals surface area (Å²) in [4.78, 5) is 4.70. The Hall–Kier alpha value is -2.24. The van der Waals surface area contributed by atoms with Gasteiger partial charge in [-0.05, 0) is 13.8 Å². The smallest absolute Gasteiger partial charge is 0.209 e. The number of hydrogen-bond acceptors (Lipinski definition) is 5. The Bertz CT molecular complexity index is 802. The van der Waals surface area contributed by atoms with Crippen molar-refractivity contribution in [1.29, 1.82) is 0 Å². The average molecular weight is 337 g/mol. The molecule has 0 fully saturated rings. The fourth-order valence-electron chi connectivity index (χ4n) is 2.20. The van der Waals surface area contributed by atoms with E-state index in [0.717, 1.165) is 22.5 Å². The minimum Gasteiger partial charge on any atom is -0.390 e. The first-order valence-electron chi connectivity index (χ1n) is 7.74. The van der Waals surface area contributed by atoms with E-state index in [0.29, 0.717) is 10.9 Å². The lowest BCUT2D eigenvalue weighted by Gasteiger charge is -2.15. The largest absolute Gasteiger partial charge is 0.390 e. The quantitative estimate of drug-likeness (QED) is 0.711. The topological polar surface area (TPSA) is 58.9 Å². The Morgan fingerprint density at radius 1 is 0.833 bits per heavy atom. The van der Waals surface area contributed by atoms with Gasteiger partial charge in [-0.2, -0.15) is 0 Å². The van der Waals surface area contributed by atoms with Crippen molar-refractivity contribution in [2.45, 2.75) is 24.6 Å². The molecule has 3 aromatic rings. The highest BCUT2D eigenvalue weighted by Crippen LogP contribution is 2.30. The van der Waals surface area contributed by atoms with Crippen LogP contribution in [-0.4, -0.2) is 31.6 Å². The molecule has 0 radical (unpaired) electrons. The van der Waals surface area contributed by atoms with Gasteiger partial charge in [-0.15, -0.1) is 10.2 Å². The molecule has 0 bridgehead atoms. The summed E-state index contributed by atoms with van der Waals surface area (Å²) in [6.45, 7) is 3.54. The van der Waals surface area contributed by atoms with Crippen LogP contribution in [0.3, 0.4) is 0 Å². The predicted octanol–water partition coefficient (Wildman–Crippen LogP) is 4.07. The van der Waals surface area contributed by atoms with Crippen molar-refractivity contribution in [3.8, 4) is 22.5 Å². The molecule has 0 aliphatic carbocycles. The van der Waals surface area contributed by atoms with Gasteiger partial charge in [-0.25, -0.2) is 4.98 Å². The molecule has 0 saturated carbocycles. The van der Waals surface area contributed by atoms with Crippen LogP contribution in [0.15, 0.2) is 65.8 Å². The minimum atomic E-state index is -0.779. The first kappa shape index (κ1) is 16.6. The average Bonchev–Trinajstić information content (AvgIpc) is 2.61. The van der Waals surface area contributed by atoms with Crippen molar-refractivity contribution >= 4 is 11.8 Å². The SMILES string of the molecule is CC(C)(O)CSc1nnc(-c2ccccc2)c(-c2ccccc2)n1. The van der Waals surface area contributed by atoms with Crippen LogP contribution in [0.25, 0.3) is 22.5 Å². The third-order valence-corrected chi connectivity index (χ3v) is 4.60. The Kier molecular flexibility index (Phi) is 4.92. The van der Waals surface area contributed by atoms with Crippen LogP contribution in [-0.2, 0) is 0 Å². The fourth-order valence-corrected chi connectivity index (χ4v) is 2.94. The predicted molar refractivity (Wildman–Crippen MR) is 97.7 cm³/mol. The summed E-state index contributed by atoms with van der Waals surface area (Å²) < 4.78 is 0. The first-order chi connectivity index (χ1) is 11.5. The molecule has 0 spiro atoms. The summed E-state index contributed by atoms with van der Waals surface area (Å²) >= 11 is 1.41. The van der Waals surface area contributed by atoms with E-state index in [-0.39, 0.29) is 0 Å². The van der Waals surface area contributed by atoms with Gasteiger partial charge in [0.2, 0.25) is 5.16 Å². The van der Waals surface area contributed by atoms with E-state index >= 15 is 0 Å². The first-order valence-corrected chi connectivity index (χ1v) is 8.72. The fraction of sp³-hybridized carbons (Fsp3) is 0.211. The zero-order chi connectivity index (χ0) is 17.0. The van der Waals surface area contributed by atoms with Crippen molar-refractivity contribution in [2.75, 3.05) is 5.75 Å². The molecule has 0 saturated heterocycles. The second kappa shape index (κ2) is 7.11. The summed E-state index contributed by atoms with van der Waals surface area (Å²) in [6.07, 6.45) is 0. The van der Waals surface area contributed by atoms with E-state index in [9.17, 15) is 5.11 Å². The van der Waals surface area contributed by atoms with Gasteiger partial charge in [0.15, 0.2) is 0 Å². The van der Waals surface area contributed by atoms with Crippen LogP contribution in [0.2, 0.25) is 0 Å². The maximum atomic E-state index is 9.90. The maximum Gasteiger partial charge on any atom is 0.209 e. The molecule has 3 rings (SSSR count). The van der Waals surface area contributed by atoms with E-state index in [2.05, 4.69) is 10.2 Å². The van der Waals surface area contributed by atoms with Gasteiger partial charge in [0.25, 0.3) is 0 Å².